The molecule has 0 aromatic heterocycles. The molecule has 0 saturated heterocycles. The van der Waals surface area contributed by atoms with Crippen LogP contribution >= 0.6 is 0 Å². The number of hydrogen-bond acceptors (Lipinski definition) is 5. The summed E-state index contributed by atoms with van der Waals surface area (Å²) in [5.41, 5.74) is 4.70. The molecule has 17 heavy (non-hydrogen) atoms. The lowest BCUT2D eigenvalue weighted by atomic mass is 10.1. The summed E-state index contributed by atoms with van der Waals surface area (Å²) in [5.74, 6) is -0.535. The summed E-state index contributed by atoms with van der Waals surface area (Å²) in [6, 6.07) is 0. The van der Waals surface area contributed by atoms with Crippen molar-refractivity contribution in [2.75, 3.05) is 6.54 Å². The van der Waals surface area contributed by atoms with Gasteiger partial charge >= 0.3 is 12.1 Å². The van der Waals surface area contributed by atoms with Gasteiger partial charge in [0.1, 0.15) is 5.60 Å². The van der Waals surface area contributed by atoms with Gasteiger partial charge in [0.25, 0.3) is 0 Å². The molecule has 0 radical (unpaired) electrons. The molecule has 0 atom stereocenters. The number of ether oxygens (including phenoxy) is 2. The lowest BCUT2D eigenvalue weighted by molar-refractivity contribution is -0.141. The standard InChI is InChI=1S/C12H23NO4/c1-12(2,3)17-11(15)16-10(14)8-6-4-5-7-9-13/h4-9,13H2,1-3H3. The third-order valence-corrected chi connectivity index (χ3v) is 1.92. The molecule has 0 aliphatic rings. The van der Waals surface area contributed by atoms with Crippen LogP contribution in [0.4, 0.5) is 4.79 Å². The van der Waals surface area contributed by atoms with Gasteiger partial charge in [-0.3, -0.25) is 4.79 Å². The summed E-state index contributed by atoms with van der Waals surface area (Å²) in [6.07, 6.45) is 2.90. The molecule has 0 unspecified atom stereocenters. The van der Waals surface area contributed by atoms with Crippen molar-refractivity contribution in [3.8, 4) is 0 Å². The lowest BCUT2D eigenvalue weighted by Crippen LogP contribution is -2.26. The van der Waals surface area contributed by atoms with Gasteiger partial charge in [0, 0.05) is 6.42 Å². The van der Waals surface area contributed by atoms with Crippen molar-refractivity contribution in [2.24, 2.45) is 5.73 Å². The third kappa shape index (κ3) is 11.2. The maximum Gasteiger partial charge on any atom is 0.516 e. The maximum atomic E-state index is 11.2. The predicted octanol–water partition coefficient (Wildman–Crippen LogP) is 2.37. The molecule has 5 heteroatoms. The zero-order valence-corrected chi connectivity index (χ0v) is 11.0. The molecule has 0 rings (SSSR count). The Balaban J connectivity index is 3.61. The minimum absolute atomic E-state index is 0.240. The second-order valence-corrected chi connectivity index (χ2v) is 4.89. The van der Waals surface area contributed by atoms with Crippen molar-refractivity contribution in [1.82, 2.24) is 0 Å². The Hall–Kier alpha value is -1.10. The first-order chi connectivity index (χ1) is 7.85. The van der Waals surface area contributed by atoms with E-state index >= 15 is 0 Å². The molecule has 0 spiro atoms. The number of nitrogens with two attached hydrogens (primary N) is 1. The van der Waals surface area contributed by atoms with E-state index in [0.29, 0.717) is 13.0 Å². The molecule has 100 valence electrons. The zero-order valence-electron chi connectivity index (χ0n) is 11.0. The molecule has 0 saturated carbocycles. The Bertz CT molecular complexity index is 245. The average molecular weight is 245 g/mol. The van der Waals surface area contributed by atoms with Crippen LogP contribution in [0.15, 0.2) is 0 Å². The first-order valence-electron chi connectivity index (χ1n) is 5.99. The maximum absolute atomic E-state index is 11.2. The number of unbranched alkanes of at least 4 members (excludes halogenated alkanes) is 3. The molecular formula is C12H23NO4. The topological polar surface area (TPSA) is 78.6 Å². The summed E-state index contributed by atoms with van der Waals surface area (Å²) >= 11 is 0. The molecular weight excluding hydrogens is 222 g/mol. The van der Waals surface area contributed by atoms with Crippen LogP contribution in [0.2, 0.25) is 0 Å². The van der Waals surface area contributed by atoms with E-state index in [4.69, 9.17) is 10.5 Å². The van der Waals surface area contributed by atoms with Gasteiger partial charge in [0.2, 0.25) is 0 Å². The van der Waals surface area contributed by atoms with E-state index in [9.17, 15) is 9.59 Å². The summed E-state index contributed by atoms with van der Waals surface area (Å²) in [7, 11) is 0. The largest absolute Gasteiger partial charge is 0.516 e. The Morgan fingerprint density at radius 2 is 1.65 bits per heavy atom. The zero-order chi connectivity index (χ0) is 13.3. The quantitative estimate of drug-likeness (QED) is 0.441. The Labute approximate surface area is 103 Å². The lowest BCUT2D eigenvalue weighted by Gasteiger charge is -2.18. The van der Waals surface area contributed by atoms with Crippen molar-refractivity contribution in [1.29, 1.82) is 0 Å². The second kappa shape index (κ2) is 8.06. The van der Waals surface area contributed by atoms with Gasteiger partial charge in [-0.2, -0.15) is 0 Å². The van der Waals surface area contributed by atoms with Crippen molar-refractivity contribution in [3.05, 3.63) is 0 Å². The van der Waals surface area contributed by atoms with Gasteiger partial charge in [-0.25, -0.2) is 4.79 Å². The SMILES string of the molecule is CC(C)(C)OC(=O)OC(=O)CCCCCCN. The van der Waals surface area contributed by atoms with Crippen molar-refractivity contribution < 1.29 is 19.1 Å². The number of carbonyl (C=O) groups is 2. The highest BCUT2D eigenvalue weighted by Crippen LogP contribution is 2.09. The fraction of sp³-hybridized carbons (Fsp3) is 0.833. The van der Waals surface area contributed by atoms with Crippen LogP contribution < -0.4 is 5.73 Å². The molecule has 0 heterocycles. The van der Waals surface area contributed by atoms with Crippen LogP contribution in [-0.2, 0) is 14.3 Å². The summed E-state index contributed by atoms with van der Waals surface area (Å²) in [4.78, 5) is 22.3. The van der Waals surface area contributed by atoms with Gasteiger partial charge in [-0.15, -0.1) is 0 Å². The van der Waals surface area contributed by atoms with E-state index in [1.165, 1.54) is 0 Å². The highest BCUT2D eigenvalue weighted by atomic mass is 16.7. The molecule has 0 aliphatic heterocycles. The molecule has 0 aromatic carbocycles. The minimum Gasteiger partial charge on any atom is -0.428 e. The molecule has 5 nitrogen and oxygen atoms in total. The van der Waals surface area contributed by atoms with Crippen molar-refractivity contribution in [3.63, 3.8) is 0 Å². The summed E-state index contributed by atoms with van der Waals surface area (Å²) < 4.78 is 9.36. The van der Waals surface area contributed by atoms with E-state index in [2.05, 4.69) is 4.74 Å². The van der Waals surface area contributed by atoms with Crippen LogP contribution in [0.5, 0.6) is 0 Å². The fourth-order valence-corrected chi connectivity index (χ4v) is 1.18. The highest BCUT2D eigenvalue weighted by molar-refractivity contribution is 5.81. The molecule has 0 fully saturated rings. The van der Waals surface area contributed by atoms with Crippen LogP contribution in [0, 0.1) is 0 Å². The normalized spacial score (nSPS) is 11.1. The van der Waals surface area contributed by atoms with Crippen LogP contribution in [0.25, 0.3) is 0 Å². The Morgan fingerprint density at radius 1 is 1.06 bits per heavy atom. The molecule has 0 amide bonds. The first kappa shape index (κ1) is 15.9. The first-order valence-corrected chi connectivity index (χ1v) is 5.99. The number of carbonyl (C=O) groups excluding carboxylic acids is 2. The fourth-order valence-electron chi connectivity index (χ4n) is 1.18. The Morgan fingerprint density at radius 3 is 2.18 bits per heavy atom. The molecule has 0 aliphatic carbocycles. The van der Waals surface area contributed by atoms with Crippen LogP contribution in [0.3, 0.4) is 0 Å². The highest BCUT2D eigenvalue weighted by Gasteiger charge is 2.19. The summed E-state index contributed by atoms with van der Waals surface area (Å²) in [5, 5.41) is 0. The van der Waals surface area contributed by atoms with Gasteiger partial charge in [-0.1, -0.05) is 12.8 Å². The van der Waals surface area contributed by atoms with E-state index in [0.717, 1.165) is 19.3 Å². The second-order valence-electron chi connectivity index (χ2n) is 4.89. The molecule has 0 bridgehead atoms. The van der Waals surface area contributed by atoms with Crippen molar-refractivity contribution >= 4 is 12.1 Å². The van der Waals surface area contributed by atoms with Gasteiger partial charge in [0.15, 0.2) is 0 Å². The number of esters is 1. The number of rotatable bonds is 6. The minimum atomic E-state index is -0.926. The van der Waals surface area contributed by atoms with Crippen LogP contribution in [-0.4, -0.2) is 24.3 Å². The van der Waals surface area contributed by atoms with Crippen molar-refractivity contribution in [2.45, 2.75) is 58.5 Å². The van der Waals surface area contributed by atoms with Gasteiger partial charge in [0.05, 0.1) is 0 Å². The summed E-state index contributed by atoms with van der Waals surface area (Å²) in [6.45, 7) is 5.81. The third-order valence-electron chi connectivity index (χ3n) is 1.92. The predicted molar refractivity (Wildman–Crippen MR) is 64.5 cm³/mol. The van der Waals surface area contributed by atoms with E-state index in [1.807, 2.05) is 0 Å². The van der Waals surface area contributed by atoms with E-state index in [-0.39, 0.29) is 6.42 Å². The number of hydrogen-bond donors (Lipinski definition) is 1. The van der Waals surface area contributed by atoms with Gasteiger partial charge < -0.3 is 15.2 Å². The van der Waals surface area contributed by atoms with Gasteiger partial charge in [-0.05, 0) is 40.2 Å². The monoisotopic (exact) mass is 245 g/mol. The average Bonchev–Trinajstić information content (AvgIpc) is 2.14. The van der Waals surface area contributed by atoms with E-state index < -0.39 is 17.7 Å². The van der Waals surface area contributed by atoms with E-state index in [1.54, 1.807) is 20.8 Å². The molecule has 0 aromatic rings. The van der Waals surface area contributed by atoms with Crippen LogP contribution in [0.1, 0.15) is 52.9 Å². The smallest absolute Gasteiger partial charge is 0.428 e. The molecule has 2 N–H and O–H groups in total. The Kier molecular flexibility index (Phi) is 7.54.